The Hall–Kier alpha value is -1.60. The lowest BCUT2D eigenvalue weighted by Gasteiger charge is -2.23. The van der Waals surface area contributed by atoms with E-state index in [4.69, 9.17) is 14.6 Å². The number of carbonyl (C=O) groups is 2. The van der Waals surface area contributed by atoms with Crippen LogP contribution in [0.4, 0.5) is 0 Å². The number of aromatic carboxylic acids is 1. The Morgan fingerprint density at radius 2 is 2.20 bits per heavy atom. The smallest absolute Gasteiger partial charge is 0.349 e. The van der Waals surface area contributed by atoms with Crippen molar-refractivity contribution in [3.05, 3.63) is 15.8 Å². The van der Waals surface area contributed by atoms with Gasteiger partial charge in [0.2, 0.25) is 0 Å². The summed E-state index contributed by atoms with van der Waals surface area (Å²) < 4.78 is 10.5. The number of ether oxygens (including phenoxy) is 2. The average molecular weight is 299 g/mol. The summed E-state index contributed by atoms with van der Waals surface area (Å²) in [6, 6.07) is 1.75. The van der Waals surface area contributed by atoms with E-state index in [9.17, 15) is 9.59 Å². The van der Waals surface area contributed by atoms with Crippen LogP contribution in [0.2, 0.25) is 0 Å². The van der Waals surface area contributed by atoms with Crippen molar-refractivity contribution < 1.29 is 24.2 Å². The van der Waals surface area contributed by atoms with Crippen molar-refractivity contribution >= 4 is 23.2 Å². The zero-order valence-corrected chi connectivity index (χ0v) is 12.0. The highest BCUT2D eigenvalue weighted by molar-refractivity contribution is 7.14. The fraction of sp³-hybridized carbons (Fsp3) is 0.538. The van der Waals surface area contributed by atoms with Gasteiger partial charge in [-0.25, -0.2) is 4.79 Å². The number of carboxylic acid groups (broad SMARTS) is 1. The highest BCUT2D eigenvalue weighted by Gasteiger charge is 2.19. The molecule has 2 N–H and O–H groups in total. The maximum atomic E-state index is 11.8. The van der Waals surface area contributed by atoms with Crippen LogP contribution in [-0.2, 0) is 9.53 Å². The van der Waals surface area contributed by atoms with Gasteiger partial charge in [-0.2, -0.15) is 0 Å². The first-order valence-electron chi connectivity index (χ1n) is 6.40. The molecule has 6 nitrogen and oxygen atoms in total. The van der Waals surface area contributed by atoms with Crippen LogP contribution < -0.4 is 10.1 Å². The standard InChI is InChI=1S/C13H17NO5S/c1-8-6-10(12(20-8)13(16)17)19-7-11(15)14-9-2-4-18-5-3-9/h6,9H,2-5,7H2,1H3,(H,14,15)(H,16,17). The number of hydrogen-bond donors (Lipinski definition) is 2. The molecule has 2 rings (SSSR count). The van der Waals surface area contributed by atoms with Crippen molar-refractivity contribution in [1.29, 1.82) is 0 Å². The first-order chi connectivity index (χ1) is 9.56. The number of rotatable bonds is 5. The van der Waals surface area contributed by atoms with Gasteiger partial charge in [-0.05, 0) is 25.8 Å². The lowest BCUT2D eigenvalue weighted by atomic mass is 10.1. The van der Waals surface area contributed by atoms with E-state index in [0.717, 1.165) is 29.1 Å². The molecule has 0 aliphatic carbocycles. The van der Waals surface area contributed by atoms with Crippen molar-refractivity contribution in [3.63, 3.8) is 0 Å². The predicted molar refractivity (Wildman–Crippen MR) is 73.5 cm³/mol. The Balaban J connectivity index is 1.85. The molecule has 1 saturated heterocycles. The van der Waals surface area contributed by atoms with Gasteiger partial charge in [0.05, 0.1) is 0 Å². The zero-order chi connectivity index (χ0) is 14.5. The van der Waals surface area contributed by atoms with Crippen molar-refractivity contribution in [3.8, 4) is 5.75 Å². The van der Waals surface area contributed by atoms with Gasteiger partial charge in [0.25, 0.3) is 5.91 Å². The average Bonchev–Trinajstić information content (AvgIpc) is 2.79. The van der Waals surface area contributed by atoms with Crippen LogP contribution in [-0.4, -0.2) is 42.8 Å². The van der Waals surface area contributed by atoms with E-state index in [2.05, 4.69) is 5.32 Å². The Morgan fingerprint density at radius 1 is 1.50 bits per heavy atom. The van der Waals surface area contributed by atoms with Crippen molar-refractivity contribution in [2.24, 2.45) is 0 Å². The van der Waals surface area contributed by atoms with E-state index in [1.165, 1.54) is 0 Å². The van der Waals surface area contributed by atoms with Gasteiger partial charge in [0.1, 0.15) is 5.75 Å². The summed E-state index contributed by atoms with van der Waals surface area (Å²) >= 11 is 1.14. The minimum absolute atomic E-state index is 0.114. The second-order valence-corrected chi connectivity index (χ2v) is 5.85. The summed E-state index contributed by atoms with van der Waals surface area (Å²) in [5, 5.41) is 11.9. The van der Waals surface area contributed by atoms with Gasteiger partial charge in [0.15, 0.2) is 11.5 Å². The molecule has 110 valence electrons. The molecule has 7 heteroatoms. The Labute approximate surface area is 120 Å². The Bertz CT molecular complexity index is 493. The normalized spacial score (nSPS) is 15.8. The number of aryl methyl sites for hydroxylation is 1. The predicted octanol–water partition coefficient (Wildman–Crippen LogP) is 1.43. The Kier molecular flexibility index (Phi) is 4.97. The van der Waals surface area contributed by atoms with E-state index in [-0.39, 0.29) is 29.2 Å². The fourth-order valence-corrected chi connectivity index (χ4v) is 2.80. The fourth-order valence-electron chi connectivity index (χ4n) is 2.00. The molecule has 0 aromatic carbocycles. The van der Waals surface area contributed by atoms with E-state index in [1.807, 2.05) is 0 Å². The van der Waals surface area contributed by atoms with E-state index in [0.29, 0.717) is 13.2 Å². The quantitative estimate of drug-likeness (QED) is 0.859. The van der Waals surface area contributed by atoms with Crippen LogP contribution in [0.5, 0.6) is 5.75 Å². The van der Waals surface area contributed by atoms with Gasteiger partial charge < -0.3 is 19.9 Å². The SMILES string of the molecule is Cc1cc(OCC(=O)NC2CCOCC2)c(C(=O)O)s1. The molecule has 0 unspecified atom stereocenters. The number of hydrogen-bond acceptors (Lipinski definition) is 5. The first-order valence-corrected chi connectivity index (χ1v) is 7.21. The third-order valence-corrected chi connectivity index (χ3v) is 3.98. The van der Waals surface area contributed by atoms with Crippen molar-refractivity contribution in [2.45, 2.75) is 25.8 Å². The molecular weight excluding hydrogens is 282 g/mol. The second-order valence-electron chi connectivity index (χ2n) is 4.60. The number of amides is 1. The van der Waals surface area contributed by atoms with Crippen molar-refractivity contribution in [1.82, 2.24) is 5.32 Å². The van der Waals surface area contributed by atoms with Crippen LogP contribution >= 0.6 is 11.3 Å². The number of nitrogens with one attached hydrogen (secondary N) is 1. The van der Waals surface area contributed by atoms with Gasteiger partial charge in [0, 0.05) is 24.1 Å². The first kappa shape index (κ1) is 14.8. The highest BCUT2D eigenvalue weighted by atomic mass is 32.1. The maximum absolute atomic E-state index is 11.8. The monoisotopic (exact) mass is 299 g/mol. The van der Waals surface area contributed by atoms with Gasteiger partial charge in [-0.15, -0.1) is 11.3 Å². The van der Waals surface area contributed by atoms with E-state index in [1.54, 1.807) is 13.0 Å². The Morgan fingerprint density at radius 3 is 2.85 bits per heavy atom. The van der Waals surface area contributed by atoms with Gasteiger partial charge >= 0.3 is 5.97 Å². The molecular formula is C13H17NO5S. The van der Waals surface area contributed by atoms with Gasteiger partial charge in [-0.3, -0.25) is 4.79 Å². The van der Waals surface area contributed by atoms with Gasteiger partial charge in [-0.1, -0.05) is 0 Å². The number of carboxylic acids is 1. The number of carbonyl (C=O) groups excluding carboxylic acids is 1. The molecule has 1 aliphatic rings. The molecule has 20 heavy (non-hydrogen) atoms. The highest BCUT2D eigenvalue weighted by Crippen LogP contribution is 2.28. The summed E-state index contributed by atoms with van der Waals surface area (Å²) in [5.74, 6) is -1.03. The van der Waals surface area contributed by atoms with Crippen LogP contribution in [0.3, 0.4) is 0 Å². The van der Waals surface area contributed by atoms with E-state index >= 15 is 0 Å². The molecule has 1 fully saturated rings. The maximum Gasteiger partial charge on any atom is 0.349 e. The molecule has 1 amide bonds. The lowest BCUT2D eigenvalue weighted by molar-refractivity contribution is -0.124. The minimum Gasteiger partial charge on any atom is -0.482 e. The third-order valence-electron chi connectivity index (χ3n) is 2.96. The molecule has 1 aliphatic heterocycles. The van der Waals surface area contributed by atoms with Crippen molar-refractivity contribution in [2.75, 3.05) is 19.8 Å². The van der Waals surface area contributed by atoms with Crippen LogP contribution in [0.15, 0.2) is 6.07 Å². The van der Waals surface area contributed by atoms with E-state index < -0.39 is 5.97 Å². The molecule has 0 bridgehead atoms. The molecule has 0 atom stereocenters. The number of thiophene rings is 1. The minimum atomic E-state index is -1.04. The summed E-state index contributed by atoms with van der Waals surface area (Å²) in [5.41, 5.74) is 0. The molecule has 2 heterocycles. The second kappa shape index (κ2) is 6.71. The topological polar surface area (TPSA) is 84.9 Å². The summed E-state index contributed by atoms with van der Waals surface area (Å²) in [6.45, 7) is 2.93. The zero-order valence-electron chi connectivity index (χ0n) is 11.2. The van der Waals surface area contributed by atoms with Crippen LogP contribution in [0.1, 0.15) is 27.4 Å². The van der Waals surface area contributed by atoms with Crippen LogP contribution in [0.25, 0.3) is 0 Å². The van der Waals surface area contributed by atoms with Crippen LogP contribution in [0, 0.1) is 6.92 Å². The molecule has 1 aromatic rings. The largest absolute Gasteiger partial charge is 0.482 e. The summed E-state index contributed by atoms with van der Waals surface area (Å²) in [4.78, 5) is 23.7. The lowest BCUT2D eigenvalue weighted by Crippen LogP contribution is -2.41. The molecule has 0 radical (unpaired) electrons. The molecule has 0 spiro atoms. The third kappa shape index (κ3) is 3.94. The molecule has 0 saturated carbocycles. The summed E-state index contributed by atoms with van der Waals surface area (Å²) in [7, 11) is 0. The summed E-state index contributed by atoms with van der Waals surface area (Å²) in [6.07, 6.45) is 1.59. The molecule has 1 aromatic heterocycles.